The molecule has 1 aromatic carbocycles. The number of Topliss-reactive ketones (excluding diaryl/α,β-unsaturated/α-hetero) is 1. The van der Waals surface area contributed by atoms with E-state index in [1.54, 1.807) is 12.4 Å². The lowest BCUT2D eigenvalue weighted by atomic mass is 9.89. The third-order valence-corrected chi connectivity index (χ3v) is 5.62. The first-order valence-electron chi connectivity index (χ1n) is 10.5. The highest BCUT2D eigenvalue weighted by Crippen LogP contribution is 2.23. The summed E-state index contributed by atoms with van der Waals surface area (Å²) in [5, 5.41) is 2.90. The van der Waals surface area contributed by atoms with Crippen molar-refractivity contribution < 1.29 is 9.59 Å². The summed E-state index contributed by atoms with van der Waals surface area (Å²) in [5.41, 5.74) is 4.32. The van der Waals surface area contributed by atoms with Crippen LogP contribution in [0, 0.1) is 6.92 Å². The van der Waals surface area contributed by atoms with E-state index in [1.165, 1.54) is 24.0 Å². The van der Waals surface area contributed by atoms with Crippen LogP contribution in [-0.2, 0) is 24.2 Å². The van der Waals surface area contributed by atoms with Gasteiger partial charge in [-0.3, -0.25) is 14.2 Å². The average molecular weight is 402 g/mol. The fraction of sp³-hybridized carbons (Fsp3) is 0.333. The first kappa shape index (κ1) is 20.0. The first-order chi connectivity index (χ1) is 14.6. The molecule has 1 N–H and O–H groups in total. The number of fused-ring (bicyclic) bond motifs is 1. The normalized spacial score (nSPS) is 13.0. The maximum absolute atomic E-state index is 12.5. The molecule has 6 nitrogen and oxygen atoms in total. The van der Waals surface area contributed by atoms with E-state index in [0.717, 1.165) is 35.6 Å². The van der Waals surface area contributed by atoms with Crippen LogP contribution in [0.3, 0.4) is 0 Å². The van der Waals surface area contributed by atoms with Crippen LogP contribution in [0.4, 0.5) is 0 Å². The number of carbonyl (C=O) groups is 2. The lowest BCUT2D eigenvalue weighted by Gasteiger charge is -2.16. The summed E-state index contributed by atoms with van der Waals surface area (Å²) in [6.45, 7) is 2.31. The summed E-state index contributed by atoms with van der Waals surface area (Å²) < 4.78 is 1.89. The zero-order valence-corrected chi connectivity index (χ0v) is 17.2. The number of imidazole rings is 1. The molecule has 0 saturated carbocycles. The number of hydrogen-bond donors (Lipinski definition) is 1. The Morgan fingerprint density at radius 2 is 1.83 bits per heavy atom. The number of hydrogen-bond acceptors (Lipinski definition) is 4. The molecule has 0 unspecified atom stereocenters. The van der Waals surface area contributed by atoms with Crippen molar-refractivity contribution >= 4 is 11.7 Å². The van der Waals surface area contributed by atoms with E-state index in [1.807, 2.05) is 42.0 Å². The molecule has 154 valence electrons. The van der Waals surface area contributed by atoms with Crippen LogP contribution in [0.2, 0.25) is 0 Å². The fourth-order valence-corrected chi connectivity index (χ4v) is 3.89. The predicted molar refractivity (Wildman–Crippen MR) is 115 cm³/mol. The van der Waals surface area contributed by atoms with Crippen molar-refractivity contribution in [2.75, 3.05) is 0 Å². The SMILES string of the molecule is Cc1nccn1-c1cc(CNC(=O)CCC(=O)c2ccc3c(c2)CCCC3)ccn1. The Labute approximate surface area is 176 Å². The molecule has 2 aromatic heterocycles. The Balaban J connectivity index is 1.29. The van der Waals surface area contributed by atoms with Gasteiger partial charge in [0.1, 0.15) is 11.6 Å². The lowest BCUT2D eigenvalue weighted by Crippen LogP contribution is -2.23. The van der Waals surface area contributed by atoms with Gasteiger partial charge in [0.05, 0.1) is 0 Å². The van der Waals surface area contributed by atoms with E-state index in [2.05, 4.69) is 21.4 Å². The molecule has 2 heterocycles. The smallest absolute Gasteiger partial charge is 0.220 e. The highest BCUT2D eigenvalue weighted by molar-refractivity contribution is 5.98. The minimum absolute atomic E-state index is 0.0281. The summed E-state index contributed by atoms with van der Waals surface area (Å²) in [6, 6.07) is 9.79. The molecule has 30 heavy (non-hydrogen) atoms. The highest BCUT2D eigenvalue weighted by atomic mass is 16.2. The monoisotopic (exact) mass is 402 g/mol. The third-order valence-electron chi connectivity index (χ3n) is 5.62. The Kier molecular flexibility index (Phi) is 6.02. The average Bonchev–Trinajstić information content (AvgIpc) is 3.21. The van der Waals surface area contributed by atoms with Crippen LogP contribution in [-0.4, -0.2) is 26.2 Å². The van der Waals surface area contributed by atoms with Gasteiger partial charge < -0.3 is 5.32 Å². The number of carbonyl (C=O) groups excluding carboxylic acids is 2. The van der Waals surface area contributed by atoms with Crippen molar-refractivity contribution in [3.8, 4) is 5.82 Å². The van der Waals surface area contributed by atoms with Gasteiger partial charge in [-0.1, -0.05) is 12.1 Å². The van der Waals surface area contributed by atoms with Crippen LogP contribution in [0.15, 0.2) is 48.9 Å². The minimum atomic E-state index is -0.126. The zero-order valence-electron chi connectivity index (χ0n) is 17.2. The Hall–Kier alpha value is -3.28. The second-order valence-electron chi connectivity index (χ2n) is 7.76. The maximum atomic E-state index is 12.5. The molecule has 0 atom stereocenters. The van der Waals surface area contributed by atoms with Crippen LogP contribution in [0.5, 0.6) is 0 Å². The van der Waals surface area contributed by atoms with Crippen LogP contribution in [0.1, 0.15) is 58.6 Å². The number of pyridine rings is 1. The first-order valence-corrected chi connectivity index (χ1v) is 10.5. The molecule has 3 aromatic rings. The molecule has 0 fully saturated rings. The van der Waals surface area contributed by atoms with Gasteiger partial charge in [0, 0.05) is 43.5 Å². The molecule has 1 amide bonds. The molecule has 0 radical (unpaired) electrons. The zero-order chi connectivity index (χ0) is 20.9. The number of rotatable bonds is 7. The molecule has 0 bridgehead atoms. The maximum Gasteiger partial charge on any atom is 0.220 e. The van der Waals surface area contributed by atoms with E-state index in [0.29, 0.717) is 6.54 Å². The van der Waals surface area contributed by atoms with Crippen LogP contribution < -0.4 is 5.32 Å². The van der Waals surface area contributed by atoms with E-state index in [9.17, 15) is 9.59 Å². The van der Waals surface area contributed by atoms with Crippen molar-refractivity contribution in [2.24, 2.45) is 0 Å². The number of ketones is 1. The summed E-state index contributed by atoms with van der Waals surface area (Å²) >= 11 is 0. The number of benzene rings is 1. The van der Waals surface area contributed by atoms with Gasteiger partial charge in [-0.2, -0.15) is 0 Å². The van der Waals surface area contributed by atoms with Crippen molar-refractivity contribution in [3.05, 3.63) is 77.0 Å². The third kappa shape index (κ3) is 4.64. The van der Waals surface area contributed by atoms with E-state index in [-0.39, 0.29) is 24.5 Å². The van der Waals surface area contributed by atoms with Crippen LogP contribution >= 0.6 is 0 Å². The van der Waals surface area contributed by atoms with Crippen molar-refractivity contribution in [3.63, 3.8) is 0 Å². The number of aryl methyl sites for hydroxylation is 3. The summed E-state index contributed by atoms with van der Waals surface area (Å²) in [5.74, 6) is 1.52. The summed E-state index contributed by atoms with van der Waals surface area (Å²) in [4.78, 5) is 33.3. The van der Waals surface area contributed by atoms with Crippen molar-refractivity contribution in [1.82, 2.24) is 19.9 Å². The lowest BCUT2D eigenvalue weighted by molar-refractivity contribution is -0.121. The summed E-state index contributed by atoms with van der Waals surface area (Å²) in [6.07, 6.45) is 10.3. The summed E-state index contributed by atoms with van der Waals surface area (Å²) in [7, 11) is 0. The fourth-order valence-electron chi connectivity index (χ4n) is 3.89. The highest BCUT2D eigenvalue weighted by Gasteiger charge is 2.14. The standard InChI is InChI=1S/C24H26N4O2/c1-17-25-12-13-28(17)23-14-18(10-11-26-23)16-27-24(30)9-8-22(29)21-7-6-19-4-2-3-5-20(19)15-21/h6-7,10-15H,2-5,8-9,16H2,1H3,(H,27,30). The largest absolute Gasteiger partial charge is 0.352 e. The van der Waals surface area contributed by atoms with Gasteiger partial charge in [-0.25, -0.2) is 9.97 Å². The molecule has 4 rings (SSSR count). The molecule has 1 aliphatic carbocycles. The second-order valence-corrected chi connectivity index (χ2v) is 7.76. The molecular weight excluding hydrogens is 376 g/mol. The van der Waals surface area contributed by atoms with Gasteiger partial charge in [0.15, 0.2) is 5.78 Å². The van der Waals surface area contributed by atoms with Gasteiger partial charge in [-0.15, -0.1) is 0 Å². The second kappa shape index (κ2) is 9.03. The molecular formula is C24H26N4O2. The van der Waals surface area contributed by atoms with E-state index < -0.39 is 0 Å². The Morgan fingerprint density at radius 1 is 1.00 bits per heavy atom. The molecule has 0 spiro atoms. The quantitative estimate of drug-likeness (QED) is 0.611. The molecule has 1 aliphatic rings. The number of nitrogens with one attached hydrogen (secondary N) is 1. The van der Waals surface area contributed by atoms with Crippen molar-refractivity contribution in [2.45, 2.75) is 52.0 Å². The number of nitrogens with zero attached hydrogens (tertiary/aromatic N) is 3. The Morgan fingerprint density at radius 3 is 2.63 bits per heavy atom. The van der Waals surface area contributed by atoms with Gasteiger partial charge in [0.2, 0.25) is 5.91 Å². The Bertz CT molecular complexity index is 1070. The topological polar surface area (TPSA) is 76.9 Å². The van der Waals surface area contributed by atoms with Crippen LogP contribution in [0.25, 0.3) is 5.82 Å². The van der Waals surface area contributed by atoms with Gasteiger partial charge in [-0.05, 0) is 67.5 Å². The predicted octanol–water partition coefficient (Wildman–Crippen LogP) is 3.73. The molecule has 0 saturated heterocycles. The van der Waals surface area contributed by atoms with Gasteiger partial charge >= 0.3 is 0 Å². The molecule has 0 aliphatic heterocycles. The number of aromatic nitrogens is 3. The molecule has 6 heteroatoms. The van der Waals surface area contributed by atoms with Crippen molar-refractivity contribution in [1.29, 1.82) is 0 Å². The minimum Gasteiger partial charge on any atom is -0.352 e. The number of amides is 1. The van der Waals surface area contributed by atoms with E-state index >= 15 is 0 Å². The van der Waals surface area contributed by atoms with Gasteiger partial charge in [0.25, 0.3) is 0 Å². The van der Waals surface area contributed by atoms with E-state index in [4.69, 9.17) is 0 Å².